The van der Waals surface area contributed by atoms with Gasteiger partial charge in [0.2, 0.25) is 5.91 Å². The van der Waals surface area contributed by atoms with Crippen LogP contribution in [0.4, 0.5) is 0 Å². The average molecular weight is 379 g/mol. The van der Waals surface area contributed by atoms with Crippen LogP contribution in [0, 0.1) is 0 Å². The van der Waals surface area contributed by atoms with Gasteiger partial charge in [-0.2, -0.15) is 0 Å². The molecule has 146 valence electrons. The van der Waals surface area contributed by atoms with Crippen LogP contribution in [0.15, 0.2) is 36.4 Å². The first-order chi connectivity index (χ1) is 13.6. The van der Waals surface area contributed by atoms with Crippen molar-refractivity contribution >= 4 is 11.8 Å². The largest absolute Gasteiger partial charge is 0.494 e. The molecule has 2 fully saturated rings. The predicted molar refractivity (Wildman–Crippen MR) is 105 cm³/mol. The normalized spacial score (nSPS) is 16.9. The molecule has 0 aliphatic heterocycles. The first-order valence-corrected chi connectivity index (χ1v) is 9.78. The molecule has 2 amide bonds. The third-order valence-electron chi connectivity index (χ3n) is 5.38. The summed E-state index contributed by atoms with van der Waals surface area (Å²) in [6.45, 7) is 0. The molecular formula is C22H25N3O3. The fraction of sp³-hybridized carbons (Fsp3) is 0.409. The molecule has 2 N–H and O–H groups in total. The number of aromatic nitrogens is 1. The fourth-order valence-corrected chi connectivity index (χ4v) is 3.54. The van der Waals surface area contributed by atoms with Crippen LogP contribution >= 0.6 is 0 Å². The van der Waals surface area contributed by atoms with Crippen LogP contribution in [0.2, 0.25) is 0 Å². The van der Waals surface area contributed by atoms with Crippen molar-refractivity contribution in [1.29, 1.82) is 0 Å². The molecule has 2 aromatic rings. The van der Waals surface area contributed by atoms with E-state index in [9.17, 15) is 9.59 Å². The number of benzene rings is 1. The Kier molecular flexibility index (Phi) is 5.03. The molecular weight excluding hydrogens is 354 g/mol. The van der Waals surface area contributed by atoms with Gasteiger partial charge in [-0.3, -0.25) is 9.59 Å². The Morgan fingerprint density at radius 2 is 1.79 bits per heavy atom. The average Bonchev–Trinajstić information content (AvgIpc) is 3.63. The molecule has 0 spiro atoms. The van der Waals surface area contributed by atoms with E-state index in [1.807, 2.05) is 36.4 Å². The molecule has 1 heterocycles. The SMILES string of the molecule is CNC(=O)C(NC(=O)c1nc(C2CC2)c(C2CC2)cc1OC)c1ccccc1. The van der Waals surface area contributed by atoms with Gasteiger partial charge in [-0.15, -0.1) is 0 Å². The third-order valence-corrected chi connectivity index (χ3v) is 5.38. The highest BCUT2D eigenvalue weighted by molar-refractivity contribution is 5.98. The highest BCUT2D eigenvalue weighted by Crippen LogP contribution is 2.49. The van der Waals surface area contributed by atoms with E-state index in [1.54, 1.807) is 14.2 Å². The van der Waals surface area contributed by atoms with E-state index in [2.05, 4.69) is 10.6 Å². The van der Waals surface area contributed by atoms with Gasteiger partial charge in [0.15, 0.2) is 11.4 Å². The minimum atomic E-state index is -0.794. The van der Waals surface area contributed by atoms with Gasteiger partial charge in [0.1, 0.15) is 6.04 Å². The standard InChI is InChI=1S/C22H25N3O3/c1-23-21(26)19(14-6-4-3-5-7-14)25-22(27)20-17(28-2)12-16(13-8-9-13)18(24-20)15-10-11-15/h3-7,12-13,15,19H,8-11H2,1-2H3,(H,23,26)(H,25,27). The zero-order chi connectivity index (χ0) is 19.7. The molecule has 2 saturated carbocycles. The molecule has 1 aromatic carbocycles. The van der Waals surface area contributed by atoms with Crippen molar-refractivity contribution in [1.82, 2.24) is 15.6 Å². The zero-order valence-electron chi connectivity index (χ0n) is 16.2. The predicted octanol–water partition coefficient (Wildman–Crippen LogP) is 3.06. The van der Waals surface area contributed by atoms with E-state index >= 15 is 0 Å². The lowest BCUT2D eigenvalue weighted by Gasteiger charge is -2.19. The summed E-state index contributed by atoms with van der Waals surface area (Å²) in [5.74, 6) is 0.760. The molecule has 0 saturated heterocycles. The van der Waals surface area contributed by atoms with Gasteiger partial charge in [-0.1, -0.05) is 30.3 Å². The number of pyridine rings is 1. The maximum atomic E-state index is 13.1. The number of hydrogen-bond donors (Lipinski definition) is 2. The number of nitrogens with zero attached hydrogens (tertiary/aromatic N) is 1. The van der Waals surface area contributed by atoms with Gasteiger partial charge in [-0.25, -0.2) is 4.98 Å². The smallest absolute Gasteiger partial charge is 0.274 e. The van der Waals surface area contributed by atoms with Crippen LogP contribution in [0.5, 0.6) is 5.75 Å². The van der Waals surface area contributed by atoms with Crippen LogP contribution in [-0.4, -0.2) is 31.0 Å². The second-order valence-corrected chi connectivity index (χ2v) is 7.49. The van der Waals surface area contributed by atoms with E-state index in [4.69, 9.17) is 9.72 Å². The number of carbonyl (C=O) groups excluding carboxylic acids is 2. The number of likely N-dealkylation sites (N-methyl/N-ethyl adjacent to an activating group) is 1. The van der Waals surface area contributed by atoms with E-state index in [0.29, 0.717) is 23.1 Å². The first-order valence-electron chi connectivity index (χ1n) is 9.78. The number of nitrogens with one attached hydrogen (secondary N) is 2. The molecule has 4 rings (SSSR count). The summed E-state index contributed by atoms with van der Waals surface area (Å²) < 4.78 is 5.49. The maximum Gasteiger partial charge on any atom is 0.274 e. The van der Waals surface area contributed by atoms with Crippen LogP contribution in [0.25, 0.3) is 0 Å². The second kappa shape index (κ2) is 7.62. The van der Waals surface area contributed by atoms with Crippen LogP contribution < -0.4 is 15.4 Å². The topological polar surface area (TPSA) is 80.3 Å². The molecule has 2 aliphatic rings. The van der Waals surface area contributed by atoms with E-state index in [-0.39, 0.29) is 11.6 Å². The van der Waals surface area contributed by atoms with Gasteiger partial charge in [0, 0.05) is 18.7 Å². The van der Waals surface area contributed by atoms with Crippen molar-refractivity contribution in [2.75, 3.05) is 14.2 Å². The Balaban J connectivity index is 1.66. The summed E-state index contributed by atoms with van der Waals surface area (Å²) in [6, 6.07) is 10.4. The molecule has 6 heteroatoms. The molecule has 1 aromatic heterocycles. The Labute approximate surface area is 164 Å². The van der Waals surface area contributed by atoms with Gasteiger partial charge in [0.05, 0.1) is 7.11 Å². The quantitative estimate of drug-likeness (QED) is 0.775. The van der Waals surface area contributed by atoms with Crippen molar-refractivity contribution in [3.05, 3.63) is 58.9 Å². The summed E-state index contributed by atoms with van der Waals surface area (Å²) in [4.78, 5) is 30.2. The Hall–Kier alpha value is -2.89. The Morgan fingerprint density at radius 1 is 1.11 bits per heavy atom. The molecule has 0 bridgehead atoms. The lowest BCUT2D eigenvalue weighted by molar-refractivity contribution is -0.122. The number of methoxy groups -OCH3 is 1. The summed E-state index contributed by atoms with van der Waals surface area (Å²) in [7, 11) is 3.10. The van der Waals surface area contributed by atoms with Crippen molar-refractivity contribution in [2.45, 2.75) is 43.6 Å². The van der Waals surface area contributed by atoms with Crippen molar-refractivity contribution in [3.8, 4) is 5.75 Å². The number of amides is 2. The van der Waals surface area contributed by atoms with Gasteiger partial charge >= 0.3 is 0 Å². The lowest BCUT2D eigenvalue weighted by atomic mass is 10.0. The summed E-state index contributed by atoms with van der Waals surface area (Å²) in [5, 5.41) is 5.45. The summed E-state index contributed by atoms with van der Waals surface area (Å²) in [5.41, 5.74) is 3.22. The molecule has 1 unspecified atom stereocenters. The molecule has 0 radical (unpaired) electrons. The van der Waals surface area contributed by atoms with Crippen molar-refractivity contribution in [3.63, 3.8) is 0 Å². The van der Waals surface area contributed by atoms with E-state index in [1.165, 1.54) is 18.4 Å². The maximum absolute atomic E-state index is 13.1. The second-order valence-electron chi connectivity index (χ2n) is 7.49. The number of hydrogen-bond acceptors (Lipinski definition) is 4. The molecule has 2 aliphatic carbocycles. The van der Waals surface area contributed by atoms with Crippen molar-refractivity contribution in [2.24, 2.45) is 0 Å². The Morgan fingerprint density at radius 3 is 2.36 bits per heavy atom. The van der Waals surface area contributed by atoms with Gasteiger partial charge in [0.25, 0.3) is 5.91 Å². The third kappa shape index (κ3) is 3.72. The highest BCUT2D eigenvalue weighted by atomic mass is 16.5. The van der Waals surface area contributed by atoms with E-state index < -0.39 is 11.9 Å². The van der Waals surface area contributed by atoms with E-state index in [0.717, 1.165) is 18.5 Å². The molecule has 1 atom stereocenters. The Bertz CT molecular complexity index is 889. The minimum absolute atomic E-state index is 0.249. The monoisotopic (exact) mass is 379 g/mol. The lowest BCUT2D eigenvalue weighted by Crippen LogP contribution is -2.39. The highest BCUT2D eigenvalue weighted by Gasteiger charge is 2.36. The van der Waals surface area contributed by atoms with Crippen LogP contribution in [-0.2, 0) is 4.79 Å². The van der Waals surface area contributed by atoms with Crippen LogP contribution in [0.3, 0.4) is 0 Å². The number of ether oxygens (including phenoxy) is 1. The van der Waals surface area contributed by atoms with Gasteiger partial charge in [-0.05, 0) is 48.8 Å². The number of rotatable bonds is 7. The summed E-state index contributed by atoms with van der Waals surface area (Å²) in [6.07, 6.45) is 4.57. The zero-order valence-corrected chi connectivity index (χ0v) is 16.2. The van der Waals surface area contributed by atoms with Crippen molar-refractivity contribution < 1.29 is 14.3 Å². The first kappa shape index (κ1) is 18.5. The minimum Gasteiger partial charge on any atom is -0.494 e. The molecule has 6 nitrogen and oxygen atoms in total. The number of carbonyl (C=O) groups is 2. The van der Waals surface area contributed by atoms with Gasteiger partial charge < -0.3 is 15.4 Å². The van der Waals surface area contributed by atoms with Crippen LogP contribution in [0.1, 0.15) is 70.9 Å². The molecule has 28 heavy (non-hydrogen) atoms. The summed E-state index contributed by atoms with van der Waals surface area (Å²) >= 11 is 0. The fourth-order valence-electron chi connectivity index (χ4n) is 3.54.